The molecule has 6 nitrogen and oxygen atoms in total. The summed E-state index contributed by atoms with van der Waals surface area (Å²) >= 11 is 0. The van der Waals surface area contributed by atoms with Crippen molar-refractivity contribution < 1.29 is 51.0 Å². The van der Waals surface area contributed by atoms with Crippen molar-refractivity contribution in [2.45, 2.75) is 18.0 Å². The minimum absolute atomic E-state index is 2.74. The van der Waals surface area contributed by atoms with E-state index in [0.717, 1.165) is 0 Å². The number of alkyl halides is 6. The Kier molecular flexibility index (Phi) is 3.18. The van der Waals surface area contributed by atoms with Gasteiger partial charge < -0.3 is 0 Å². The summed E-state index contributed by atoms with van der Waals surface area (Å²) in [6.07, 6.45) is -12.6. The van der Waals surface area contributed by atoms with Crippen molar-refractivity contribution >= 4 is 20.5 Å². The van der Waals surface area contributed by atoms with Crippen molar-refractivity contribution in [3.8, 4) is 0 Å². The fourth-order valence-corrected chi connectivity index (χ4v) is 3.91. The Bertz CT molecular complexity index is 490. The molecule has 18 heavy (non-hydrogen) atoms. The second kappa shape index (κ2) is 3.71. The van der Waals surface area contributed by atoms with Crippen molar-refractivity contribution in [3.63, 3.8) is 0 Å². The van der Waals surface area contributed by atoms with Gasteiger partial charge in [-0.3, -0.25) is 0 Å². The van der Waals surface area contributed by atoms with Crippen LogP contribution >= 0.6 is 0 Å². The molecular weight excluding hydrogens is 322 g/mol. The van der Waals surface area contributed by atoms with E-state index in [1.54, 1.807) is 0 Å². The molecule has 0 aromatic heterocycles. The topological polar surface area (TPSA) is 86.7 Å². The first-order valence-electron chi connectivity index (χ1n) is 3.65. The normalized spacial score (nSPS) is 26.8. The SMILES string of the molecule is O=S1(=O)CC(C(F)(F)F)(C(F)(F)F)OS(=O)(=O)O1. The van der Waals surface area contributed by atoms with Crippen LogP contribution in [0.3, 0.4) is 0 Å². The van der Waals surface area contributed by atoms with Crippen molar-refractivity contribution in [3.05, 3.63) is 0 Å². The third-order valence-electron chi connectivity index (χ3n) is 1.73. The maximum atomic E-state index is 12.3. The molecule has 0 saturated carbocycles. The van der Waals surface area contributed by atoms with Gasteiger partial charge in [0.2, 0.25) is 0 Å². The second-order valence-electron chi connectivity index (χ2n) is 3.08. The highest BCUT2D eigenvalue weighted by Gasteiger charge is 2.78. The highest BCUT2D eigenvalue weighted by molar-refractivity contribution is 7.98. The molecule has 0 amide bonds. The lowest BCUT2D eigenvalue weighted by Gasteiger charge is -2.37. The summed E-state index contributed by atoms with van der Waals surface area (Å²) in [6.45, 7) is 0. The molecule has 0 spiro atoms. The van der Waals surface area contributed by atoms with Crippen LogP contribution in [-0.4, -0.2) is 40.5 Å². The molecular formula is C4H2F6O6S2. The lowest BCUT2D eigenvalue weighted by molar-refractivity contribution is -0.350. The van der Waals surface area contributed by atoms with Gasteiger partial charge in [-0.1, -0.05) is 0 Å². The number of hydrogen-bond acceptors (Lipinski definition) is 6. The Morgan fingerprint density at radius 2 is 1.28 bits per heavy atom. The third kappa shape index (κ3) is 2.55. The van der Waals surface area contributed by atoms with Gasteiger partial charge in [0.15, 0.2) is 0 Å². The molecule has 0 unspecified atom stereocenters. The van der Waals surface area contributed by atoms with Gasteiger partial charge in [0, 0.05) is 0 Å². The highest BCUT2D eigenvalue weighted by Crippen LogP contribution is 2.49. The van der Waals surface area contributed by atoms with Crippen molar-refractivity contribution in [2.75, 3.05) is 5.75 Å². The lowest BCUT2D eigenvalue weighted by Crippen LogP contribution is -2.65. The van der Waals surface area contributed by atoms with Crippen molar-refractivity contribution in [1.82, 2.24) is 0 Å². The molecule has 1 aliphatic heterocycles. The molecule has 0 atom stereocenters. The van der Waals surface area contributed by atoms with E-state index in [2.05, 4.69) is 7.81 Å². The van der Waals surface area contributed by atoms with Crippen LogP contribution in [0, 0.1) is 0 Å². The molecule has 1 heterocycles. The van der Waals surface area contributed by atoms with Gasteiger partial charge in [-0.05, 0) is 0 Å². The molecule has 1 fully saturated rings. The largest absolute Gasteiger partial charge is 0.429 e. The molecule has 0 aromatic carbocycles. The van der Waals surface area contributed by atoms with E-state index in [1.165, 1.54) is 0 Å². The first-order chi connectivity index (χ1) is 7.62. The molecule has 0 bridgehead atoms. The van der Waals surface area contributed by atoms with Gasteiger partial charge in [0.05, 0.1) is 0 Å². The fraction of sp³-hybridized carbons (Fsp3) is 1.00. The smallest absolute Gasteiger partial charge is 0.220 e. The molecule has 14 heteroatoms. The third-order valence-corrected chi connectivity index (χ3v) is 4.47. The van der Waals surface area contributed by atoms with Crippen molar-refractivity contribution in [1.29, 1.82) is 0 Å². The maximum absolute atomic E-state index is 12.3. The summed E-state index contributed by atoms with van der Waals surface area (Å²) in [7, 11) is -11.6. The number of hydrogen-bond donors (Lipinski definition) is 0. The molecule has 108 valence electrons. The summed E-state index contributed by atoms with van der Waals surface area (Å²) in [6, 6.07) is 0. The number of halogens is 6. The Morgan fingerprint density at radius 3 is 1.56 bits per heavy atom. The predicted octanol–water partition coefficient (Wildman–Crippen LogP) is 0.471. The van der Waals surface area contributed by atoms with Crippen LogP contribution in [0.25, 0.3) is 0 Å². The fourth-order valence-electron chi connectivity index (χ4n) is 1.03. The molecule has 0 radical (unpaired) electrons. The number of rotatable bonds is 0. The van der Waals surface area contributed by atoms with E-state index < -0.39 is 44.2 Å². The molecule has 1 aliphatic rings. The Hall–Kier alpha value is -0.600. The summed E-state index contributed by atoms with van der Waals surface area (Å²) < 4.78 is 122. The molecule has 1 rings (SSSR count). The van der Waals surface area contributed by atoms with Crippen LogP contribution in [0.4, 0.5) is 26.3 Å². The first kappa shape index (κ1) is 15.5. The van der Waals surface area contributed by atoms with E-state index in [4.69, 9.17) is 0 Å². The first-order valence-corrected chi connectivity index (χ1v) is 6.56. The van der Waals surface area contributed by atoms with E-state index in [-0.39, 0.29) is 0 Å². The van der Waals surface area contributed by atoms with E-state index >= 15 is 0 Å². The van der Waals surface area contributed by atoms with Gasteiger partial charge in [-0.25, -0.2) is 4.18 Å². The summed E-state index contributed by atoms with van der Waals surface area (Å²) in [4.78, 5) is 0. The van der Waals surface area contributed by atoms with Gasteiger partial charge in [0.1, 0.15) is 5.75 Å². The zero-order valence-electron chi connectivity index (χ0n) is 7.74. The lowest BCUT2D eigenvalue weighted by atomic mass is 10.1. The van der Waals surface area contributed by atoms with Gasteiger partial charge in [0.25, 0.3) is 15.7 Å². The second-order valence-corrected chi connectivity index (χ2v) is 6.02. The Labute approximate surface area is 95.9 Å². The van der Waals surface area contributed by atoms with E-state index in [0.29, 0.717) is 0 Å². The van der Waals surface area contributed by atoms with Crippen LogP contribution in [0.5, 0.6) is 0 Å². The maximum Gasteiger partial charge on any atom is 0.429 e. The summed E-state index contributed by atoms with van der Waals surface area (Å²) in [5.41, 5.74) is -5.38. The van der Waals surface area contributed by atoms with E-state index in [9.17, 15) is 43.2 Å². The minimum Gasteiger partial charge on any atom is -0.220 e. The average Bonchev–Trinajstić information content (AvgIpc) is 1.92. The van der Waals surface area contributed by atoms with Gasteiger partial charge in [-0.15, -0.1) is 3.63 Å². The molecule has 0 N–H and O–H groups in total. The highest BCUT2D eigenvalue weighted by atomic mass is 32.3. The zero-order chi connectivity index (χ0) is 14.6. The van der Waals surface area contributed by atoms with Crippen LogP contribution in [0.1, 0.15) is 0 Å². The Balaban J connectivity index is 3.56. The molecule has 0 aliphatic carbocycles. The Morgan fingerprint density at radius 1 is 0.889 bits per heavy atom. The van der Waals surface area contributed by atoms with Crippen LogP contribution in [0.15, 0.2) is 0 Å². The summed E-state index contributed by atoms with van der Waals surface area (Å²) in [5, 5.41) is 0. The molecule has 1 saturated heterocycles. The molecule has 0 aromatic rings. The monoisotopic (exact) mass is 324 g/mol. The van der Waals surface area contributed by atoms with Gasteiger partial charge >= 0.3 is 22.8 Å². The van der Waals surface area contributed by atoms with Crippen molar-refractivity contribution in [2.24, 2.45) is 0 Å². The van der Waals surface area contributed by atoms with E-state index in [1.807, 2.05) is 0 Å². The van der Waals surface area contributed by atoms with Gasteiger partial charge in [-0.2, -0.15) is 43.2 Å². The van der Waals surface area contributed by atoms with Crippen LogP contribution in [-0.2, 0) is 28.3 Å². The predicted molar refractivity (Wildman–Crippen MR) is 39.7 cm³/mol. The quantitative estimate of drug-likeness (QED) is 0.602. The standard InChI is InChI=1S/C4H2F6O6S2/c5-3(6,7)2(4(8,9)10)1-17(11,12)16-18(13,14)15-2/h1H2. The summed E-state index contributed by atoms with van der Waals surface area (Å²) in [5.74, 6) is -2.74. The minimum atomic E-state index is -6.32. The van der Waals surface area contributed by atoms with Crippen LogP contribution < -0.4 is 0 Å². The average molecular weight is 324 g/mol. The van der Waals surface area contributed by atoms with Crippen LogP contribution in [0.2, 0.25) is 0 Å². The zero-order valence-corrected chi connectivity index (χ0v) is 9.37.